The van der Waals surface area contributed by atoms with Gasteiger partial charge in [-0.15, -0.1) is 0 Å². The molecule has 1 amide bonds. The molecule has 1 aliphatic rings. The van der Waals surface area contributed by atoms with E-state index in [1.54, 1.807) is 62.0 Å². The number of hydrogen-bond donors (Lipinski definition) is 1. The third-order valence-corrected chi connectivity index (χ3v) is 6.28. The first-order valence-corrected chi connectivity index (χ1v) is 10.7. The number of ether oxygens (including phenoxy) is 1. The molecule has 1 N–H and O–H groups in total. The van der Waals surface area contributed by atoms with Crippen LogP contribution in [0.5, 0.6) is 5.75 Å². The maximum Gasteiger partial charge on any atom is 0.300 e. The molecule has 0 radical (unpaired) electrons. The number of carbonyl (C=O) groups is 2. The van der Waals surface area contributed by atoms with E-state index in [0.717, 1.165) is 11.1 Å². The van der Waals surface area contributed by atoms with Crippen LogP contribution in [-0.4, -0.2) is 28.9 Å². The summed E-state index contributed by atoms with van der Waals surface area (Å²) in [5, 5.41) is 11.8. The van der Waals surface area contributed by atoms with E-state index in [-0.39, 0.29) is 11.3 Å². The Hall–Kier alpha value is -3.64. The molecule has 1 aromatic heterocycles. The SMILES string of the molecule is COc1cc(C)c(/C(O)=C2\C(=O)C(=O)N(c3ccc(C)c(Cl)c3)C2c2cccnc2)cc1C. The van der Waals surface area contributed by atoms with Crippen molar-refractivity contribution >= 4 is 34.7 Å². The number of methoxy groups -OCH3 is 1. The molecule has 7 heteroatoms. The number of amides is 1. The lowest BCUT2D eigenvalue weighted by atomic mass is 9.93. The summed E-state index contributed by atoms with van der Waals surface area (Å²) in [6, 6.07) is 11.3. The summed E-state index contributed by atoms with van der Waals surface area (Å²) in [5.41, 5.74) is 3.87. The van der Waals surface area contributed by atoms with E-state index in [9.17, 15) is 14.7 Å². The molecular formula is C26H23ClN2O4. The standard InChI is InChI=1S/C26H23ClN2O4/c1-14-7-8-18(12-20(14)27)29-23(17-6-5-9-28-13-17)22(25(31)26(29)32)24(30)19-10-16(3)21(33-4)11-15(19)2/h5-13,23,30H,1-4H3/b24-22+. The number of ketones is 1. The number of halogens is 1. The monoisotopic (exact) mass is 462 g/mol. The van der Waals surface area contributed by atoms with E-state index in [4.69, 9.17) is 16.3 Å². The minimum atomic E-state index is -0.862. The zero-order valence-corrected chi connectivity index (χ0v) is 19.5. The minimum absolute atomic E-state index is 0.00244. The number of aliphatic hydroxyl groups excluding tert-OH is 1. The van der Waals surface area contributed by atoms with Crippen LogP contribution in [0.15, 0.2) is 60.4 Å². The molecule has 6 nitrogen and oxygen atoms in total. The number of rotatable bonds is 4. The van der Waals surface area contributed by atoms with E-state index < -0.39 is 17.7 Å². The summed E-state index contributed by atoms with van der Waals surface area (Å²) < 4.78 is 5.36. The lowest BCUT2D eigenvalue weighted by molar-refractivity contribution is -0.132. The fourth-order valence-corrected chi connectivity index (χ4v) is 4.27. The molecule has 0 saturated carbocycles. The Kier molecular flexibility index (Phi) is 5.95. The Bertz CT molecular complexity index is 1300. The molecule has 33 heavy (non-hydrogen) atoms. The van der Waals surface area contributed by atoms with E-state index in [2.05, 4.69) is 4.98 Å². The minimum Gasteiger partial charge on any atom is -0.507 e. The van der Waals surface area contributed by atoms with Gasteiger partial charge in [0.2, 0.25) is 0 Å². The quantitative estimate of drug-likeness (QED) is 0.323. The summed E-state index contributed by atoms with van der Waals surface area (Å²) >= 11 is 6.32. The van der Waals surface area contributed by atoms with Crippen molar-refractivity contribution in [2.75, 3.05) is 12.0 Å². The fourth-order valence-electron chi connectivity index (χ4n) is 4.09. The lowest BCUT2D eigenvalue weighted by Crippen LogP contribution is -2.29. The van der Waals surface area contributed by atoms with Crippen LogP contribution < -0.4 is 9.64 Å². The number of carbonyl (C=O) groups excluding carboxylic acids is 2. The van der Waals surface area contributed by atoms with E-state index in [1.807, 2.05) is 20.8 Å². The number of anilines is 1. The van der Waals surface area contributed by atoms with Crippen molar-refractivity contribution in [3.63, 3.8) is 0 Å². The molecule has 2 heterocycles. The molecule has 2 aromatic carbocycles. The molecule has 4 rings (SSSR count). The molecular weight excluding hydrogens is 440 g/mol. The zero-order valence-electron chi connectivity index (χ0n) is 18.7. The van der Waals surface area contributed by atoms with Crippen LogP contribution in [0.3, 0.4) is 0 Å². The van der Waals surface area contributed by atoms with Crippen LogP contribution in [-0.2, 0) is 9.59 Å². The van der Waals surface area contributed by atoms with Gasteiger partial charge < -0.3 is 9.84 Å². The number of aryl methyl sites for hydroxylation is 3. The summed E-state index contributed by atoms with van der Waals surface area (Å²) in [6.07, 6.45) is 3.19. The highest BCUT2D eigenvalue weighted by Crippen LogP contribution is 2.43. The third kappa shape index (κ3) is 3.87. The zero-order chi connectivity index (χ0) is 23.9. The summed E-state index contributed by atoms with van der Waals surface area (Å²) in [4.78, 5) is 32.0. The molecule has 1 aliphatic heterocycles. The smallest absolute Gasteiger partial charge is 0.300 e. The van der Waals surface area contributed by atoms with Gasteiger partial charge >= 0.3 is 0 Å². The Morgan fingerprint density at radius 2 is 1.82 bits per heavy atom. The molecule has 1 fully saturated rings. The third-order valence-electron chi connectivity index (χ3n) is 5.88. The second kappa shape index (κ2) is 8.71. The van der Waals surface area contributed by atoms with Crippen molar-refractivity contribution in [2.24, 2.45) is 0 Å². The van der Waals surface area contributed by atoms with Gasteiger partial charge in [0.25, 0.3) is 11.7 Å². The van der Waals surface area contributed by atoms with Crippen molar-refractivity contribution in [1.29, 1.82) is 0 Å². The average Bonchev–Trinajstić information content (AvgIpc) is 3.07. The fraction of sp³-hybridized carbons (Fsp3) is 0.192. The summed E-state index contributed by atoms with van der Waals surface area (Å²) in [5.74, 6) is -1.09. The van der Waals surface area contributed by atoms with Gasteiger partial charge in [0.1, 0.15) is 11.5 Å². The second-order valence-corrected chi connectivity index (χ2v) is 8.43. The van der Waals surface area contributed by atoms with Crippen LogP contribution >= 0.6 is 11.6 Å². The highest BCUT2D eigenvalue weighted by Gasteiger charge is 2.47. The molecule has 0 spiro atoms. The molecule has 3 aromatic rings. The number of pyridine rings is 1. The van der Waals surface area contributed by atoms with Gasteiger partial charge in [0.05, 0.1) is 18.7 Å². The van der Waals surface area contributed by atoms with Crippen LogP contribution in [0.4, 0.5) is 5.69 Å². The summed E-state index contributed by atoms with van der Waals surface area (Å²) in [6.45, 7) is 5.51. The number of Topliss-reactive ketones (excluding diaryl/α,β-unsaturated/α-hetero) is 1. The Morgan fingerprint density at radius 1 is 1.06 bits per heavy atom. The Balaban J connectivity index is 1.97. The number of aliphatic hydroxyl groups is 1. The molecule has 0 bridgehead atoms. The Labute approximate surface area is 197 Å². The molecule has 1 unspecified atom stereocenters. The number of benzene rings is 2. The lowest BCUT2D eigenvalue weighted by Gasteiger charge is -2.25. The number of hydrogen-bond acceptors (Lipinski definition) is 5. The van der Waals surface area contributed by atoms with Crippen LogP contribution in [0.25, 0.3) is 5.76 Å². The van der Waals surface area contributed by atoms with Gasteiger partial charge in [-0.25, -0.2) is 0 Å². The highest BCUT2D eigenvalue weighted by molar-refractivity contribution is 6.51. The van der Waals surface area contributed by atoms with Gasteiger partial charge in [-0.1, -0.05) is 23.7 Å². The average molecular weight is 463 g/mol. The van der Waals surface area contributed by atoms with E-state index >= 15 is 0 Å². The van der Waals surface area contributed by atoms with Crippen molar-refractivity contribution in [3.05, 3.63) is 93.3 Å². The first-order chi connectivity index (χ1) is 15.7. The molecule has 1 saturated heterocycles. The van der Waals surface area contributed by atoms with Crippen molar-refractivity contribution < 1.29 is 19.4 Å². The van der Waals surface area contributed by atoms with Gasteiger partial charge in [-0.05, 0) is 73.4 Å². The van der Waals surface area contributed by atoms with Crippen molar-refractivity contribution in [3.8, 4) is 5.75 Å². The largest absolute Gasteiger partial charge is 0.507 e. The van der Waals surface area contributed by atoms with Gasteiger partial charge in [-0.3, -0.25) is 19.5 Å². The second-order valence-electron chi connectivity index (χ2n) is 8.03. The van der Waals surface area contributed by atoms with Crippen LogP contribution in [0.1, 0.15) is 33.9 Å². The highest BCUT2D eigenvalue weighted by atomic mass is 35.5. The summed E-state index contributed by atoms with van der Waals surface area (Å²) in [7, 11) is 1.57. The van der Waals surface area contributed by atoms with Gasteiger partial charge in [0.15, 0.2) is 0 Å². The predicted octanol–water partition coefficient (Wildman–Crippen LogP) is 5.30. The van der Waals surface area contributed by atoms with Crippen LogP contribution in [0, 0.1) is 20.8 Å². The van der Waals surface area contributed by atoms with Crippen molar-refractivity contribution in [1.82, 2.24) is 4.98 Å². The first kappa shape index (κ1) is 22.6. The van der Waals surface area contributed by atoms with Crippen molar-refractivity contribution in [2.45, 2.75) is 26.8 Å². The number of aromatic nitrogens is 1. The number of nitrogens with zero attached hydrogens (tertiary/aromatic N) is 2. The van der Waals surface area contributed by atoms with Gasteiger partial charge in [0, 0.05) is 28.7 Å². The first-order valence-electron chi connectivity index (χ1n) is 10.4. The molecule has 1 atom stereocenters. The maximum atomic E-state index is 13.3. The normalized spacial score (nSPS) is 17.5. The predicted molar refractivity (Wildman–Crippen MR) is 128 cm³/mol. The van der Waals surface area contributed by atoms with E-state index in [0.29, 0.717) is 33.1 Å². The maximum absolute atomic E-state index is 13.3. The topological polar surface area (TPSA) is 79.7 Å². The van der Waals surface area contributed by atoms with E-state index in [1.165, 1.54) is 4.90 Å². The Morgan fingerprint density at radius 3 is 2.45 bits per heavy atom. The van der Waals surface area contributed by atoms with Gasteiger partial charge in [-0.2, -0.15) is 0 Å². The molecule has 0 aliphatic carbocycles. The van der Waals surface area contributed by atoms with Crippen LogP contribution in [0.2, 0.25) is 5.02 Å². The molecule has 168 valence electrons.